The third kappa shape index (κ3) is 9.46. The predicted octanol–water partition coefficient (Wildman–Crippen LogP) is 6.45. The van der Waals surface area contributed by atoms with E-state index in [1.165, 1.54) is 80.2 Å². The van der Waals surface area contributed by atoms with Crippen molar-refractivity contribution in [2.45, 2.75) is 53.0 Å². The van der Waals surface area contributed by atoms with Crippen molar-refractivity contribution in [2.24, 2.45) is 5.73 Å². The van der Waals surface area contributed by atoms with Gasteiger partial charge >= 0.3 is 11.9 Å². The van der Waals surface area contributed by atoms with Crippen molar-refractivity contribution >= 4 is 66.7 Å². The highest BCUT2D eigenvalue weighted by Crippen LogP contribution is 2.29. The largest absolute Gasteiger partial charge is 0.465 e. The summed E-state index contributed by atoms with van der Waals surface area (Å²) in [6, 6.07) is 18.3. The van der Waals surface area contributed by atoms with Gasteiger partial charge in [0, 0.05) is 16.3 Å². The van der Waals surface area contributed by atoms with E-state index in [1.807, 2.05) is 13.0 Å². The van der Waals surface area contributed by atoms with E-state index in [0.29, 0.717) is 6.54 Å². The first-order valence-electron chi connectivity index (χ1n) is 11.7. The maximum absolute atomic E-state index is 12.5. The molecule has 0 spiro atoms. The molecule has 0 fully saturated rings. The van der Waals surface area contributed by atoms with Crippen LogP contribution in [-0.2, 0) is 42.1 Å². The third-order valence-electron chi connectivity index (χ3n) is 5.48. The van der Waals surface area contributed by atoms with Crippen molar-refractivity contribution in [1.82, 2.24) is 0 Å². The van der Waals surface area contributed by atoms with Crippen LogP contribution in [-0.4, -0.2) is 43.0 Å². The molecule has 2 heterocycles. The summed E-state index contributed by atoms with van der Waals surface area (Å²) in [5.74, 6) is -1.13. The van der Waals surface area contributed by atoms with Crippen molar-refractivity contribution in [3.05, 3.63) is 93.7 Å². The lowest BCUT2D eigenvalue weighted by Crippen LogP contribution is -2.05. The highest BCUT2D eigenvalue weighted by atomic mass is 35.5. The van der Waals surface area contributed by atoms with Gasteiger partial charge in [-0.1, -0.05) is 33.9 Å². The van der Waals surface area contributed by atoms with Crippen LogP contribution in [0, 0.1) is 0 Å². The molecular formula is C29H36ClNO8S4. The van der Waals surface area contributed by atoms with Gasteiger partial charge in [-0.15, -0.1) is 35.1 Å². The van der Waals surface area contributed by atoms with Gasteiger partial charge in [0.1, 0.15) is 8.42 Å². The molecule has 0 radical (unpaired) electrons. The fraction of sp³-hybridized carbons (Fsp3) is 0.241. The number of carbonyl (C=O) groups excluding carboxylic acids is 2. The molecule has 14 heteroatoms. The van der Waals surface area contributed by atoms with Crippen molar-refractivity contribution in [3.8, 4) is 0 Å². The molecule has 2 aromatic heterocycles. The average molecular weight is 690 g/mol. The second kappa shape index (κ2) is 17.3. The van der Waals surface area contributed by atoms with Gasteiger partial charge in [0.15, 0.2) is 0 Å². The highest BCUT2D eigenvalue weighted by molar-refractivity contribution is 7.93. The van der Waals surface area contributed by atoms with E-state index in [2.05, 4.69) is 9.47 Å². The number of halogens is 1. The van der Waals surface area contributed by atoms with E-state index in [4.69, 9.17) is 5.73 Å². The summed E-state index contributed by atoms with van der Waals surface area (Å²) in [7, 11) is -4.71. The summed E-state index contributed by atoms with van der Waals surface area (Å²) in [6.07, 6.45) is 0.794. The topological polar surface area (TPSA) is 147 Å². The van der Waals surface area contributed by atoms with Crippen LogP contribution >= 0.6 is 35.1 Å². The second-order valence-electron chi connectivity index (χ2n) is 8.04. The lowest BCUT2D eigenvalue weighted by Gasteiger charge is -2.04. The summed E-state index contributed by atoms with van der Waals surface area (Å²) >= 11 is 2.38. The number of ether oxygens (including phenoxy) is 2. The Kier molecular flexibility index (Phi) is 16.0. The van der Waals surface area contributed by atoms with Gasteiger partial charge in [-0.05, 0) is 67.1 Å². The molecule has 0 aliphatic rings. The first-order valence-corrected chi connectivity index (χ1v) is 16.3. The first-order chi connectivity index (χ1) is 19.0. The maximum atomic E-state index is 12.5. The van der Waals surface area contributed by atoms with Crippen LogP contribution < -0.4 is 5.73 Å². The molecular weight excluding hydrogens is 654 g/mol. The molecule has 4 aromatic rings. The number of benzene rings is 2. The van der Waals surface area contributed by atoms with Gasteiger partial charge in [-0.25, -0.2) is 26.4 Å². The monoisotopic (exact) mass is 689 g/mol. The smallest absolute Gasteiger partial charge is 0.337 e. The number of aryl methyl sites for hydroxylation is 1. The van der Waals surface area contributed by atoms with Crippen molar-refractivity contribution < 1.29 is 35.9 Å². The van der Waals surface area contributed by atoms with Gasteiger partial charge in [0.05, 0.1) is 35.1 Å². The Bertz CT molecular complexity index is 1600. The van der Waals surface area contributed by atoms with Gasteiger partial charge in [0.2, 0.25) is 19.7 Å². The standard InChI is InChI=1S/C14H14O4S2.C13H13NO4S2.2CH4.ClH/c1-3-11-7-8-13(19-11)20(16,17)12-6-4-5-10(9-12)14(15)18-2;1-18-13(15)9-3-2-4-11(7-9)20(16,17)12-6-5-10(8-14)19-12;;;/h4-9H,3H2,1-2H3;2-7H,8,14H2,1H3;2*1H4;1H. The highest BCUT2D eigenvalue weighted by Gasteiger charge is 2.22. The summed E-state index contributed by atoms with van der Waals surface area (Å²) < 4.78 is 59.5. The molecule has 0 atom stereocenters. The van der Waals surface area contributed by atoms with Crippen LogP contribution in [0.3, 0.4) is 0 Å². The molecule has 0 saturated carbocycles. The van der Waals surface area contributed by atoms with Crippen molar-refractivity contribution in [3.63, 3.8) is 0 Å². The summed E-state index contributed by atoms with van der Waals surface area (Å²) in [4.78, 5) is 24.9. The molecule has 0 amide bonds. The molecule has 0 aliphatic carbocycles. The summed E-state index contributed by atoms with van der Waals surface area (Å²) in [5.41, 5.74) is 5.90. The molecule has 9 nitrogen and oxygen atoms in total. The van der Waals surface area contributed by atoms with E-state index in [-0.39, 0.29) is 56.6 Å². The number of methoxy groups -OCH3 is 2. The van der Waals surface area contributed by atoms with Crippen LogP contribution in [0.2, 0.25) is 0 Å². The van der Waals surface area contributed by atoms with Crippen molar-refractivity contribution in [1.29, 1.82) is 0 Å². The van der Waals surface area contributed by atoms with Crippen molar-refractivity contribution in [2.75, 3.05) is 14.2 Å². The van der Waals surface area contributed by atoms with Gasteiger partial charge in [0.25, 0.3) is 0 Å². The zero-order chi connectivity index (χ0) is 29.5. The van der Waals surface area contributed by atoms with E-state index in [0.717, 1.165) is 27.5 Å². The van der Waals surface area contributed by atoms with E-state index >= 15 is 0 Å². The predicted molar refractivity (Wildman–Crippen MR) is 173 cm³/mol. The Morgan fingerprint density at radius 3 is 1.42 bits per heavy atom. The second-order valence-corrected chi connectivity index (χ2v) is 14.7. The van der Waals surface area contributed by atoms with Crippen LogP contribution in [0.15, 0.2) is 91.0 Å². The molecule has 2 N–H and O–H groups in total. The van der Waals surface area contributed by atoms with Gasteiger partial charge in [-0.3, -0.25) is 0 Å². The molecule has 236 valence electrons. The third-order valence-corrected chi connectivity index (χ3v) is 12.3. The van der Waals surface area contributed by atoms with E-state index in [9.17, 15) is 26.4 Å². The van der Waals surface area contributed by atoms with E-state index < -0.39 is 31.6 Å². The van der Waals surface area contributed by atoms with Crippen LogP contribution in [0.4, 0.5) is 0 Å². The number of thiophene rings is 2. The number of sulfone groups is 2. The molecule has 0 saturated heterocycles. The maximum Gasteiger partial charge on any atom is 0.337 e. The number of esters is 2. The van der Waals surface area contributed by atoms with E-state index in [1.54, 1.807) is 12.1 Å². The molecule has 2 aromatic carbocycles. The zero-order valence-electron chi connectivity index (χ0n) is 22.2. The Balaban J connectivity index is 0.000000767. The Morgan fingerprint density at radius 2 is 1.09 bits per heavy atom. The molecule has 0 bridgehead atoms. The fourth-order valence-electron chi connectivity index (χ4n) is 3.35. The minimum atomic E-state index is -3.64. The minimum absolute atomic E-state index is 0. The Morgan fingerprint density at radius 1 is 0.698 bits per heavy atom. The Hall–Kier alpha value is -3.07. The SMILES string of the molecule is C.C.CCc1ccc(S(=O)(=O)c2cccc(C(=O)OC)c2)s1.COC(=O)c1cccc(S(=O)(=O)c2ccc(CN)s2)c1.Cl. The number of hydrogen-bond donors (Lipinski definition) is 1. The lowest BCUT2D eigenvalue weighted by molar-refractivity contribution is 0.0591. The van der Waals surface area contributed by atoms with Gasteiger partial charge < -0.3 is 15.2 Å². The summed E-state index contributed by atoms with van der Waals surface area (Å²) in [5, 5.41) is 0. The normalized spacial score (nSPS) is 10.5. The molecule has 43 heavy (non-hydrogen) atoms. The summed E-state index contributed by atoms with van der Waals surface area (Å²) in [6.45, 7) is 2.27. The molecule has 0 unspecified atom stereocenters. The average Bonchev–Trinajstić information content (AvgIpc) is 3.68. The zero-order valence-corrected chi connectivity index (χ0v) is 26.3. The van der Waals surface area contributed by atoms with Gasteiger partial charge in [-0.2, -0.15) is 0 Å². The number of nitrogens with two attached hydrogens (primary N) is 1. The van der Waals surface area contributed by atoms with Crippen LogP contribution in [0.1, 0.15) is 52.2 Å². The number of hydrogen-bond acceptors (Lipinski definition) is 11. The lowest BCUT2D eigenvalue weighted by atomic mass is 10.2. The minimum Gasteiger partial charge on any atom is -0.465 e. The number of rotatable bonds is 8. The quantitative estimate of drug-likeness (QED) is 0.206. The molecule has 0 aliphatic heterocycles. The fourth-order valence-corrected chi connectivity index (χ4v) is 8.78. The molecule has 4 rings (SSSR count). The first kappa shape index (κ1) is 39.9. The number of carbonyl (C=O) groups is 2. The Labute approximate surface area is 267 Å². The van der Waals surface area contributed by atoms with Crippen LogP contribution in [0.5, 0.6) is 0 Å². The van der Waals surface area contributed by atoms with Crippen LogP contribution in [0.25, 0.3) is 0 Å².